The molecule has 20 N–H and O–H groups in total. The Labute approximate surface area is 481 Å². The van der Waals surface area contributed by atoms with Gasteiger partial charge in [-0.15, -0.1) is 0 Å². The molecule has 0 saturated carbocycles. The fraction of sp³-hybridized carbons (Fsp3) is 0.706. The molecule has 0 bridgehead atoms. The van der Waals surface area contributed by atoms with E-state index in [1.54, 1.807) is 48.5 Å². The molecule has 0 fully saturated rings. The summed E-state index contributed by atoms with van der Waals surface area (Å²) in [4.78, 5) is 159. The van der Waals surface area contributed by atoms with Crippen LogP contribution in [0.15, 0.2) is 17.5 Å². The van der Waals surface area contributed by atoms with E-state index < -0.39 is 163 Å². The van der Waals surface area contributed by atoms with Gasteiger partial charge in [0, 0.05) is 24.9 Å². The van der Waals surface area contributed by atoms with Crippen molar-refractivity contribution in [3.05, 3.63) is 18.2 Å². The predicted molar refractivity (Wildman–Crippen MR) is 302 cm³/mol. The monoisotopic (exact) mass is 1180 g/mol. The average Bonchev–Trinajstić information content (AvgIpc) is 4.02. The van der Waals surface area contributed by atoms with E-state index >= 15 is 0 Å². The van der Waals surface area contributed by atoms with Gasteiger partial charge in [-0.3, -0.25) is 52.9 Å². The molecule has 13 atom stereocenters. The number of nitrogens with zero attached hydrogens (tertiary/aromatic N) is 2. The molecule has 1 aromatic heterocycles. The third kappa shape index (κ3) is 25.8. The van der Waals surface area contributed by atoms with Crippen molar-refractivity contribution in [2.45, 2.75) is 174 Å². The first-order valence-corrected chi connectivity index (χ1v) is 28.7. The van der Waals surface area contributed by atoms with E-state index in [-0.39, 0.29) is 50.5 Å². The fourth-order valence-corrected chi connectivity index (χ4v) is 8.40. The number of nitrogens with two attached hydrogens (primary N) is 3. The number of aliphatic carboxylic acids is 2. The van der Waals surface area contributed by atoms with E-state index in [1.165, 1.54) is 24.3 Å². The van der Waals surface area contributed by atoms with Gasteiger partial charge in [0.25, 0.3) is 0 Å². The lowest BCUT2D eigenvalue weighted by Crippen LogP contribution is -2.62. The summed E-state index contributed by atoms with van der Waals surface area (Å²) in [5, 5.41) is 62.3. The molecular weight excluding hydrogens is 1090 g/mol. The maximum absolute atomic E-state index is 14.1. The van der Waals surface area contributed by atoms with Gasteiger partial charge in [0.05, 0.1) is 32.0 Å². The van der Waals surface area contributed by atoms with Crippen molar-refractivity contribution in [2.75, 3.05) is 31.8 Å². The number of guanidine groups is 1. The van der Waals surface area contributed by atoms with Gasteiger partial charge in [-0.1, -0.05) is 74.7 Å². The van der Waals surface area contributed by atoms with Crippen LogP contribution in [-0.2, 0) is 59.2 Å². The quantitative estimate of drug-likeness (QED) is 0.0170. The van der Waals surface area contributed by atoms with Crippen molar-refractivity contribution in [1.29, 1.82) is 0 Å². The van der Waals surface area contributed by atoms with E-state index in [2.05, 4.69) is 62.8 Å². The first-order valence-electron chi connectivity index (χ1n) is 27.3. The standard InChI is InChI=1S/C51H89N15O15S/c1-10-26(6)38(47(77)63-36(23-68)46(76)61-34(50(80)81)19-29-21-55-24-57-29)65-44(74)32(18-25(4)5)59-43(73)33(20-37(69)70)60-42(72)31(14-13-16-56-51(53)54)58-45(75)35(22-67)62-48(78)39(27(7)11-2)66-49(79)40(28(8)12-3)64-41(71)30(52)15-17-82-9/h21,24-28,30-36,38-40,67-68H,10-20,22-23,52H2,1-9H3,(H,55,57)(H,58,75)(H,59,73)(H,60,72)(H,61,76)(H,62,78)(H,63,77)(H,64,71)(H,65,74)(H,66,79)(H,69,70)(H,80,81)(H4,53,54,56)/t26-,27-,28-,30-,31-,32-,33-,34-,35-,36-,38-,39-,40-/m0/s1. The third-order valence-corrected chi connectivity index (χ3v) is 14.1. The van der Waals surface area contributed by atoms with E-state index in [0.717, 1.165) is 0 Å². The number of aliphatic hydroxyl groups excluding tert-OH is 2. The molecule has 0 radical (unpaired) electrons. The Bertz CT molecular complexity index is 2290. The summed E-state index contributed by atoms with van der Waals surface area (Å²) in [6.07, 6.45) is 4.30. The molecule has 31 heteroatoms. The summed E-state index contributed by atoms with van der Waals surface area (Å²) in [5.41, 5.74) is 17.4. The van der Waals surface area contributed by atoms with Gasteiger partial charge in [0.2, 0.25) is 53.2 Å². The van der Waals surface area contributed by atoms with Gasteiger partial charge in [-0.2, -0.15) is 11.8 Å². The SMILES string of the molecule is CC[C@H](C)[C@H](NC(=O)[C@H](CC(C)C)NC(=O)[C@H](CC(=O)O)NC(=O)[C@H](CCCN=C(N)N)NC(=O)[C@H](CO)NC(=O)[C@@H](NC(=O)[C@@H](NC(=O)[C@@H](N)CCSC)[C@@H](C)CC)[C@@H](C)CC)C(=O)N[C@@H](CO)C(=O)N[C@@H](Cc1cnc[nH]1)C(=O)O. The number of carbonyl (C=O) groups excluding carboxylic acids is 9. The van der Waals surface area contributed by atoms with Crippen LogP contribution < -0.4 is 65.1 Å². The summed E-state index contributed by atoms with van der Waals surface area (Å²) in [7, 11) is 0. The minimum Gasteiger partial charge on any atom is -0.481 e. The van der Waals surface area contributed by atoms with E-state index in [4.69, 9.17) is 17.2 Å². The zero-order chi connectivity index (χ0) is 62.4. The summed E-state index contributed by atoms with van der Waals surface area (Å²) in [5.74, 6) is -13.2. The number of hydrogen-bond donors (Lipinski definition) is 17. The minimum atomic E-state index is -1.92. The zero-order valence-electron chi connectivity index (χ0n) is 48.2. The Morgan fingerprint density at radius 1 is 0.585 bits per heavy atom. The number of H-pyrrole nitrogens is 1. The summed E-state index contributed by atoms with van der Waals surface area (Å²) in [6.45, 7) is 11.5. The largest absolute Gasteiger partial charge is 0.481 e. The molecule has 1 aromatic rings. The number of hydrogen-bond acceptors (Lipinski definition) is 17. The number of rotatable bonds is 40. The van der Waals surface area contributed by atoms with Gasteiger partial charge in [-0.05, 0) is 61.4 Å². The van der Waals surface area contributed by atoms with Gasteiger partial charge < -0.3 is 90.5 Å². The van der Waals surface area contributed by atoms with Crippen molar-refractivity contribution in [3.8, 4) is 0 Å². The number of nitrogens with one attached hydrogen (secondary N) is 10. The van der Waals surface area contributed by atoms with Crippen LogP contribution in [0, 0.1) is 23.7 Å². The lowest BCUT2D eigenvalue weighted by Gasteiger charge is -2.30. The molecule has 464 valence electrons. The fourth-order valence-electron chi connectivity index (χ4n) is 7.91. The Hall–Kier alpha value is -7.12. The number of imidazole rings is 1. The number of carboxylic acid groups (broad SMARTS) is 2. The molecule has 30 nitrogen and oxygen atoms in total. The molecule has 0 unspecified atom stereocenters. The van der Waals surface area contributed by atoms with Gasteiger partial charge in [0.15, 0.2) is 5.96 Å². The van der Waals surface area contributed by atoms with Crippen LogP contribution in [0.25, 0.3) is 0 Å². The highest BCUT2D eigenvalue weighted by molar-refractivity contribution is 7.98. The molecule has 82 heavy (non-hydrogen) atoms. The van der Waals surface area contributed by atoms with Crippen LogP contribution in [0.1, 0.15) is 112 Å². The second kappa shape index (κ2) is 37.8. The highest BCUT2D eigenvalue weighted by Crippen LogP contribution is 2.15. The van der Waals surface area contributed by atoms with Gasteiger partial charge >= 0.3 is 11.9 Å². The Morgan fingerprint density at radius 3 is 1.43 bits per heavy atom. The molecule has 0 aliphatic heterocycles. The van der Waals surface area contributed by atoms with Crippen LogP contribution in [0.4, 0.5) is 0 Å². The number of carboxylic acids is 2. The lowest BCUT2D eigenvalue weighted by molar-refractivity contribution is -0.143. The summed E-state index contributed by atoms with van der Waals surface area (Å²) < 4.78 is 0. The van der Waals surface area contributed by atoms with E-state index in [1.807, 2.05) is 13.2 Å². The predicted octanol–water partition coefficient (Wildman–Crippen LogP) is -3.82. The zero-order valence-corrected chi connectivity index (χ0v) is 49.1. The number of thioether (sulfide) groups is 1. The number of aliphatic imine (C=N–C) groups is 1. The molecule has 1 rings (SSSR count). The van der Waals surface area contributed by atoms with Crippen molar-refractivity contribution in [1.82, 2.24) is 57.8 Å². The number of aliphatic hydroxyl groups is 2. The van der Waals surface area contributed by atoms with Crippen molar-refractivity contribution < 1.29 is 73.2 Å². The highest BCUT2D eigenvalue weighted by Gasteiger charge is 2.38. The molecule has 0 aliphatic rings. The second-order valence-corrected chi connectivity index (χ2v) is 21.5. The molecular formula is C51H89N15O15S. The average molecular weight is 1180 g/mol. The summed E-state index contributed by atoms with van der Waals surface area (Å²) >= 11 is 1.50. The molecule has 0 aromatic carbocycles. The Balaban J connectivity index is 3.48. The first-order chi connectivity index (χ1) is 38.6. The van der Waals surface area contributed by atoms with Gasteiger partial charge in [-0.25, -0.2) is 9.78 Å². The maximum Gasteiger partial charge on any atom is 0.326 e. The van der Waals surface area contributed by atoms with E-state index in [9.17, 15) is 73.2 Å². The van der Waals surface area contributed by atoms with Crippen molar-refractivity contribution in [3.63, 3.8) is 0 Å². The highest BCUT2D eigenvalue weighted by atomic mass is 32.2. The second-order valence-electron chi connectivity index (χ2n) is 20.5. The smallest absolute Gasteiger partial charge is 0.326 e. The van der Waals surface area contributed by atoms with Crippen molar-refractivity contribution in [2.24, 2.45) is 45.9 Å². The Morgan fingerprint density at radius 2 is 1.00 bits per heavy atom. The number of amides is 9. The topological polar surface area (TPSA) is 496 Å². The van der Waals surface area contributed by atoms with Crippen LogP contribution in [0.2, 0.25) is 0 Å². The maximum atomic E-state index is 14.1. The molecule has 0 aliphatic carbocycles. The normalized spacial score (nSPS) is 16.0. The van der Waals surface area contributed by atoms with Gasteiger partial charge in [0.1, 0.15) is 54.4 Å². The lowest BCUT2D eigenvalue weighted by atomic mass is 9.94. The third-order valence-electron chi connectivity index (χ3n) is 13.5. The number of aromatic nitrogens is 2. The molecule has 9 amide bonds. The van der Waals surface area contributed by atoms with Crippen LogP contribution in [0.5, 0.6) is 0 Å². The minimum absolute atomic E-state index is 0.000806. The summed E-state index contributed by atoms with van der Waals surface area (Å²) in [6, 6.07) is -14.7. The Kier molecular flexibility index (Phi) is 33.6. The number of carbonyl (C=O) groups is 11. The molecule has 1 heterocycles. The van der Waals surface area contributed by atoms with E-state index in [0.29, 0.717) is 30.7 Å². The number of aromatic amines is 1. The van der Waals surface area contributed by atoms with Crippen LogP contribution >= 0.6 is 11.8 Å². The van der Waals surface area contributed by atoms with Crippen molar-refractivity contribution >= 4 is 82.8 Å². The van der Waals surface area contributed by atoms with Crippen LogP contribution in [-0.4, -0.2) is 194 Å². The molecule has 0 saturated heterocycles. The van der Waals surface area contributed by atoms with Crippen LogP contribution in [0.3, 0.4) is 0 Å². The first kappa shape index (κ1) is 72.9. The molecule has 0 spiro atoms.